The average Bonchev–Trinajstić information content (AvgIpc) is 2.29. The number of halogens is 2. The van der Waals surface area contributed by atoms with Crippen LogP contribution >= 0.6 is 23.2 Å². The maximum Gasteiger partial charge on any atom is 0.0624 e. The number of nitrogens with two attached hydrogens (primary N) is 1. The van der Waals surface area contributed by atoms with Crippen LogP contribution in [0, 0.1) is 5.41 Å². The van der Waals surface area contributed by atoms with E-state index in [1.165, 1.54) is 19.3 Å². The van der Waals surface area contributed by atoms with Gasteiger partial charge in [0, 0.05) is 5.54 Å². The number of hydrogen-bond acceptors (Lipinski definition) is 1. The van der Waals surface area contributed by atoms with Crippen molar-refractivity contribution in [3.8, 4) is 0 Å². The summed E-state index contributed by atoms with van der Waals surface area (Å²) in [5.74, 6) is 0. The summed E-state index contributed by atoms with van der Waals surface area (Å²) >= 11 is 12.4. The molecule has 1 unspecified atom stereocenters. The minimum atomic E-state index is -0.181. The third-order valence-electron chi connectivity index (χ3n) is 4.56. The fourth-order valence-electron chi connectivity index (χ4n) is 2.95. The van der Waals surface area contributed by atoms with Crippen molar-refractivity contribution < 1.29 is 0 Å². The Morgan fingerprint density at radius 2 is 1.83 bits per heavy atom. The first-order chi connectivity index (χ1) is 8.36. The Hall–Kier alpha value is -0.240. The van der Waals surface area contributed by atoms with E-state index < -0.39 is 0 Å². The highest BCUT2D eigenvalue weighted by Crippen LogP contribution is 2.44. The zero-order chi connectivity index (χ0) is 13.4. The van der Waals surface area contributed by atoms with E-state index in [0.29, 0.717) is 10.0 Å². The van der Waals surface area contributed by atoms with Crippen molar-refractivity contribution in [1.29, 1.82) is 0 Å². The van der Waals surface area contributed by atoms with Gasteiger partial charge in [0.2, 0.25) is 0 Å². The van der Waals surface area contributed by atoms with Gasteiger partial charge in [-0.15, -0.1) is 0 Å². The van der Waals surface area contributed by atoms with Gasteiger partial charge in [-0.3, -0.25) is 0 Å². The second-order valence-electron chi connectivity index (χ2n) is 6.14. The summed E-state index contributed by atoms with van der Waals surface area (Å²) in [6.07, 6.45) is 5.53. The molecule has 0 saturated heterocycles. The predicted octanol–water partition coefficient (Wildman–Crippen LogP) is 4.83. The lowest BCUT2D eigenvalue weighted by atomic mass is 9.61. The van der Waals surface area contributed by atoms with E-state index in [0.717, 1.165) is 18.4 Å². The highest BCUT2D eigenvalue weighted by Gasteiger charge is 2.43. The molecule has 0 heterocycles. The Balaban J connectivity index is 2.29. The molecule has 1 aliphatic rings. The smallest absolute Gasteiger partial charge is 0.0624 e. The van der Waals surface area contributed by atoms with Gasteiger partial charge >= 0.3 is 0 Å². The molecule has 1 aromatic rings. The van der Waals surface area contributed by atoms with E-state index >= 15 is 0 Å². The van der Waals surface area contributed by atoms with Gasteiger partial charge in [-0.1, -0.05) is 62.0 Å². The van der Waals surface area contributed by atoms with E-state index in [4.69, 9.17) is 28.9 Å². The quantitative estimate of drug-likeness (QED) is 0.827. The number of rotatable bonds is 2. The van der Waals surface area contributed by atoms with Crippen molar-refractivity contribution in [2.75, 3.05) is 0 Å². The van der Waals surface area contributed by atoms with E-state index in [2.05, 4.69) is 13.8 Å². The van der Waals surface area contributed by atoms with Crippen molar-refractivity contribution in [1.82, 2.24) is 0 Å². The SMILES string of the molecule is CC1(C)CCCCC1(N)Cc1cccc(Cl)c1Cl. The van der Waals surface area contributed by atoms with Gasteiger partial charge in [-0.05, 0) is 36.3 Å². The first-order valence-electron chi connectivity index (χ1n) is 6.57. The minimum Gasteiger partial charge on any atom is -0.324 e. The molecule has 0 bridgehead atoms. The second kappa shape index (κ2) is 5.03. The van der Waals surface area contributed by atoms with Crippen LogP contribution in [0.4, 0.5) is 0 Å². The van der Waals surface area contributed by atoms with Gasteiger partial charge in [0.25, 0.3) is 0 Å². The highest BCUT2D eigenvalue weighted by molar-refractivity contribution is 6.42. The van der Waals surface area contributed by atoms with Crippen LogP contribution in [-0.4, -0.2) is 5.54 Å². The molecule has 1 nitrogen and oxygen atoms in total. The summed E-state index contributed by atoms with van der Waals surface area (Å²) in [6.45, 7) is 4.54. The van der Waals surface area contributed by atoms with Crippen LogP contribution < -0.4 is 5.73 Å². The van der Waals surface area contributed by atoms with E-state index in [1.807, 2.05) is 18.2 Å². The number of hydrogen-bond donors (Lipinski definition) is 1. The van der Waals surface area contributed by atoms with Crippen LogP contribution in [0.3, 0.4) is 0 Å². The molecular weight excluding hydrogens is 265 g/mol. The van der Waals surface area contributed by atoms with E-state index in [-0.39, 0.29) is 11.0 Å². The second-order valence-corrected chi connectivity index (χ2v) is 6.92. The third kappa shape index (κ3) is 2.54. The van der Waals surface area contributed by atoms with Crippen LogP contribution in [0.2, 0.25) is 10.0 Å². The molecule has 1 atom stereocenters. The van der Waals surface area contributed by atoms with Crippen molar-refractivity contribution in [3.05, 3.63) is 33.8 Å². The Kier molecular flexibility index (Phi) is 3.96. The Morgan fingerprint density at radius 3 is 2.50 bits per heavy atom. The van der Waals surface area contributed by atoms with Crippen molar-refractivity contribution >= 4 is 23.2 Å². The molecular formula is C15H21Cl2N. The summed E-state index contributed by atoms with van der Waals surface area (Å²) in [5, 5.41) is 1.27. The predicted molar refractivity (Wildman–Crippen MR) is 79.3 cm³/mol. The maximum absolute atomic E-state index is 6.69. The third-order valence-corrected chi connectivity index (χ3v) is 5.42. The largest absolute Gasteiger partial charge is 0.324 e. The van der Waals surface area contributed by atoms with Crippen LogP contribution in [0.15, 0.2) is 18.2 Å². The molecule has 18 heavy (non-hydrogen) atoms. The van der Waals surface area contributed by atoms with Crippen molar-refractivity contribution in [2.45, 2.75) is 51.5 Å². The molecule has 0 aliphatic heterocycles. The highest BCUT2D eigenvalue weighted by atomic mass is 35.5. The van der Waals surface area contributed by atoms with Crippen LogP contribution in [0.25, 0.3) is 0 Å². The van der Waals surface area contributed by atoms with E-state index in [9.17, 15) is 0 Å². The Labute approximate surface area is 120 Å². The first kappa shape index (κ1) is 14.2. The zero-order valence-corrected chi connectivity index (χ0v) is 12.6. The monoisotopic (exact) mass is 285 g/mol. The van der Waals surface area contributed by atoms with Crippen molar-refractivity contribution in [3.63, 3.8) is 0 Å². The molecule has 3 heteroatoms. The lowest BCUT2D eigenvalue weighted by Crippen LogP contribution is -2.56. The molecule has 0 radical (unpaired) electrons. The van der Waals surface area contributed by atoms with Gasteiger partial charge in [0.1, 0.15) is 0 Å². The zero-order valence-electron chi connectivity index (χ0n) is 11.1. The van der Waals surface area contributed by atoms with Gasteiger partial charge in [0.15, 0.2) is 0 Å². The fourth-order valence-corrected chi connectivity index (χ4v) is 3.33. The van der Waals surface area contributed by atoms with Crippen LogP contribution in [0.5, 0.6) is 0 Å². The molecule has 1 saturated carbocycles. The van der Waals surface area contributed by atoms with Crippen LogP contribution in [-0.2, 0) is 6.42 Å². The molecule has 1 aromatic carbocycles. The van der Waals surface area contributed by atoms with Gasteiger partial charge < -0.3 is 5.73 Å². The molecule has 0 amide bonds. The normalized spacial score (nSPS) is 27.2. The van der Waals surface area contributed by atoms with Crippen molar-refractivity contribution in [2.24, 2.45) is 11.1 Å². The Morgan fingerprint density at radius 1 is 1.17 bits per heavy atom. The summed E-state index contributed by atoms with van der Waals surface area (Å²) in [7, 11) is 0. The molecule has 100 valence electrons. The maximum atomic E-state index is 6.69. The summed E-state index contributed by atoms with van der Waals surface area (Å²) < 4.78 is 0. The average molecular weight is 286 g/mol. The van der Waals surface area contributed by atoms with Gasteiger partial charge in [0.05, 0.1) is 10.0 Å². The fraction of sp³-hybridized carbons (Fsp3) is 0.600. The molecule has 2 N–H and O–H groups in total. The summed E-state index contributed by atoms with van der Waals surface area (Å²) in [5.41, 5.74) is 7.73. The van der Waals surface area contributed by atoms with Gasteiger partial charge in [-0.2, -0.15) is 0 Å². The summed E-state index contributed by atoms with van der Waals surface area (Å²) in [4.78, 5) is 0. The lowest BCUT2D eigenvalue weighted by molar-refractivity contribution is 0.0990. The summed E-state index contributed by atoms with van der Waals surface area (Å²) in [6, 6.07) is 5.80. The molecule has 0 aromatic heterocycles. The van der Waals surface area contributed by atoms with Gasteiger partial charge in [-0.25, -0.2) is 0 Å². The topological polar surface area (TPSA) is 26.0 Å². The Bertz CT molecular complexity index is 442. The standard InChI is InChI=1S/C15H21Cl2N/c1-14(2)8-3-4-9-15(14,18)10-11-6-5-7-12(16)13(11)17/h5-7H,3-4,8-10,18H2,1-2H3. The molecule has 0 spiro atoms. The molecule has 1 aliphatic carbocycles. The van der Waals surface area contributed by atoms with E-state index in [1.54, 1.807) is 0 Å². The number of benzene rings is 1. The van der Waals surface area contributed by atoms with Crippen LogP contribution in [0.1, 0.15) is 45.1 Å². The molecule has 1 fully saturated rings. The molecule has 2 rings (SSSR count). The lowest BCUT2D eigenvalue weighted by Gasteiger charge is -2.48. The first-order valence-corrected chi connectivity index (χ1v) is 7.33. The minimum absolute atomic E-state index is 0.150.